The number of fused-ring (bicyclic) bond motifs is 1. The van der Waals surface area contributed by atoms with E-state index in [2.05, 4.69) is 10.3 Å². The SMILES string of the molecule is O=C(NC(Cc1cccc(C(=O)O)c1O)B(O)O)c1cn2ccsc2n1. The Morgan fingerprint density at radius 1 is 1.35 bits per heavy atom. The van der Waals surface area contributed by atoms with Gasteiger partial charge < -0.3 is 25.6 Å². The summed E-state index contributed by atoms with van der Waals surface area (Å²) >= 11 is 1.34. The molecule has 0 aliphatic carbocycles. The maximum atomic E-state index is 12.3. The minimum absolute atomic E-state index is 0.103. The van der Waals surface area contributed by atoms with Crippen molar-refractivity contribution in [1.29, 1.82) is 0 Å². The second-order valence-electron chi connectivity index (χ2n) is 5.54. The fourth-order valence-corrected chi connectivity index (χ4v) is 3.18. The molecule has 0 bridgehead atoms. The number of aromatic carboxylic acids is 1. The smallest absolute Gasteiger partial charge is 0.475 e. The average molecular weight is 375 g/mol. The second kappa shape index (κ2) is 7.16. The molecular formula is C15H14BN3O6S. The number of nitrogens with zero attached hydrogens (tertiary/aromatic N) is 2. The summed E-state index contributed by atoms with van der Waals surface area (Å²) in [5.41, 5.74) is -0.0468. The van der Waals surface area contributed by atoms with E-state index in [1.165, 1.54) is 35.7 Å². The van der Waals surface area contributed by atoms with E-state index in [1.807, 2.05) is 5.38 Å². The maximum absolute atomic E-state index is 12.3. The molecule has 5 N–H and O–H groups in total. The lowest BCUT2D eigenvalue weighted by Crippen LogP contribution is -2.48. The molecule has 3 rings (SSSR count). The number of carbonyl (C=O) groups is 2. The predicted molar refractivity (Wildman–Crippen MR) is 93.3 cm³/mol. The molecule has 0 aliphatic heterocycles. The number of aromatic nitrogens is 2. The molecule has 0 aliphatic rings. The molecule has 3 aromatic rings. The lowest BCUT2D eigenvalue weighted by Gasteiger charge is -2.18. The van der Waals surface area contributed by atoms with Gasteiger partial charge in [-0.2, -0.15) is 0 Å². The molecule has 1 amide bonds. The fraction of sp³-hybridized carbons (Fsp3) is 0.133. The van der Waals surface area contributed by atoms with Gasteiger partial charge in [-0.05, 0) is 18.1 Å². The van der Waals surface area contributed by atoms with Gasteiger partial charge in [0.2, 0.25) is 0 Å². The van der Waals surface area contributed by atoms with Crippen LogP contribution in [0.1, 0.15) is 26.4 Å². The highest BCUT2D eigenvalue weighted by molar-refractivity contribution is 7.15. The monoisotopic (exact) mass is 375 g/mol. The third kappa shape index (κ3) is 3.54. The molecular weight excluding hydrogens is 361 g/mol. The molecule has 1 aromatic carbocycles. The molecule has 26 heavy (non-hydrogen) atoms. The summed E-state index contributed by atoms with van der Waals surface area (Å²) in [6.07, 6.45) is 3.06. The molecule has 2 aromatic heterocycles. The van der Waals surface area contributed by atoms with Gasteiger partial charge in [0.15, 0.2) is 4.96 Å². The van der Waals surface area contributed by atoms with Crippen molar-refractivity contribution in [3.05, 3.63) is 52.8 Å². The van der Waals surface area contributed by atoms with Crippen molar-refractivity contribution in [3.63, 3.8) is 0 Å². The van der Waals surface area contributed by atoms with Crippen molar-refractivity contribution in [2.24, 2.45) is 0 Å². The Morgan fingerprint density at radius 3 is 2.77 bits per heavy atom. The molecule has 134 valence electrons. The number of nitrogens with one attached hydrogen (secondary N) is 1. The van der Waals surface area contributed by atoms with E-state index in [0.29, 0.717) is 4.96 Å². The normalized spacial score (nSPS) is 12.1. The summed E-state index contributed by atoms with van der Waals surface area (Å²) in [5, 5.41) is 42.4. The number of benzene rings is 1. The van der Waals surface area contributed by atoms with E-state index in [9.17, 15) is 24.7 Å². The zero-order valence-corrected chi connectivity index (χ0v) is 14.1. The van der Waals surface area contributed by atoms with Gasteiger partial charge in [0.25, 0.3) is 5.91 Å². The van der Waals surface area contributed by atoms with Crippen LogP contribution in [0.25, 0.3) is 4.96 Å². The number of thiazole rings is 1. The van der Waals surface area contributed by atoms with Crippen molar-refractivity contribution in [2.75, 3.05) is 0 Å². The first-order valence-corrected chi connectivity index (χ1v) is 8.38. The summed E-state index contributed by atoms with van der Waals surface area (Å²) in [6, 6.07) is 4.09. The molecule has 0 radical (unpaired) electrons. The number of amides is 1. The van der Waals surface area contributed by atoms with Crippen LogP contribution in [0.3, 0.4) is 0 Å². The van der Waals surface area contributed by atoms with Crippen LogP contribution in [0.4, 0.5) is 0 Å². The Balaban J connectivity index is 1.79. The minimum Gasteiger partial charge on any atom is -0.507 e. The third-order valence-electron chi connectivity index (χ3n) is 3.79. The maximum Gasteiger partial charge on any atom is 0.475 e. The van der Waals surface area contributed by atoms with Gasteiger partial charge in [-0.25, -0.2) is 9.78 Å². The van der Waals surface area contributed by atoms with Gasteiger partial charge in [-0.3, -0.25) is 9.20 Å². The van der Waals surface area contributed by atoms with E-state index >= 15 is 0 Å². The first kappa shape index (κ1) is 17.9. The van der Waals surface area contributed by atoms with Crippen LogP contribution in [0.5, 0.6) is 5.75 Å². The van der Waals surface area contributed by atoms with E-state index in [0.717, 1.165) is 0 Å². The summed E-state index contributed by atoms with van der Waals surface area (Å²) in [5.74, 6) is -3.58. The predicted octanol–water partition coefficient (Wildman–Crippen LogP) is 0.153. The highest BCUT2D eigenvalue weighted by Crippen LogP contribution is 2.24. The molecule has 1 atom stereocenters. The van der Waals surface area contributed by atoms with E-state index in [1.54, 1.807) is 10.6 Å². The summed E-state index contributed by atoms with van der Waals surface area (Å²) < 4.78 is 1.66. The number of carboxylic acid groups (broad SMARTS) is 1. The van der Waals surface area contributed by atoms with Crippen LogP contribution in [0.2, 0.25) is 0 Å². The molecule has 11 heteroatoms. The standard InChI is InChI=1S/C15H14BN3O6S/c20-12-8(2-1-3-9(12)14(22)23)6-11(16(24)25)18-13(21)10-7-19-4-5-26-15(19)17-10/h1-5,7,11,20,24-25H,6H2,(H,18,21)(H,22,23). The van der Waals surface area contributed by atoms with Crippen molar-refractivity contribution < 1.29 is 29.9 Å². The Labute approximate surface area is 151 Å². The second-order valence-corrected chi connectivity index (χ2v) is 6.41. The third-order valence-corrected chi connectivity index (χ3v) is 4.56. The summed E-state index contributed by atoms with van der Waals surface area (Å²) in [4.78, 5) is 28.1. The Kier molecular flexibility index (Phi) is 4.93. The molecule has 0 fully saturated rings. The molecule has 9 nitrogen and oxygen atoms in total. The highest BCUT2D eigenvalue weighted by Gasteiger charge is 2.28. The molecule has 1 unspecified atom stereocenters. The lowest BCUT2D eigenvalue weighted by molar-refractivity contribution is 0.0693. The van der Waals surface area contributed by atoms with Crippen molar-refractivity contribution in [3.8, 4) is 5.75 Å². The zero-order chi connectivity index (χ0) is 18.8. The molecule has 2 heterocycles. The lowest BCUT2D eigenvalue weighted by atomic mass is 9.75. The van der Waals surface area contributed by atoms with E-state index < -0.39 is 30.7 Å². The number of hydrogen-bond acceptors (Lipinski definition) is 7. The van der Waals surface area contributed by atoms with Gasteiger partial charge in [-0.1, -0.05) is 12.1 Å². The number of rotatable bonds is 6. The highest BCUT2D eigenvalue weighted by atomic mass is 32.1. The Hall–Kier alpha value is -2.89. The quantitative estimate of drug-likeness (QED) is 0.386. The number of phenols is 1. The average Bonchev–Trinajstić information content (AvgIpc) is 3.17. The van der Waals surface area contributed by atoms with Crippen LogP contribution >= 0.6 is 11.3 Å². The van der Waals surface area contributed by atoms with Gasteiger partial charge in [0.1, 0.15) is 17.0 Å². The summed E-state index contributed by atoms with van der Waals surface area (Å²) in [6.45, 7) is 0. The van der Waals surface area contributed by atoms with Gasteiger partial charge in [-0.15, -0.1) is 11.3 Å². The van der Waals surface area contributed by atoms with Crippen LogP contribution in [-0.4, -0.2) is 54.6 Å². The van der Waals surface area contributed by atoms with E-state index in [4.69, 9.17) is 5.11 Å². The first-order valence-electron chi connectivity index (χ1n) is 7.50. The fourth-order valence-electron chi connectivity index (χ4n) is 2.48. The Bertz CT molecular complexity index is 941. The number of aromatic hydroxyl groups is 1. The van der Waals surface area contributed by atoms with Gasteiger partial charge in [0.05, 0.1) is 5.94 Å². The van der Waals surface area contributed by atoms with Crippen LogP contribution in [-0.2, 0) is 6.42 Å². The van der Waals surface area contributed by atoms with Crippen LogP contribution < -0.4 is 5.32 Å². The number of carboxylic acids is 1. The van der Waals surface area contributed by atoms with Crippen LogP contribution in [0, 0.1) is 0 Å². The Morgan fingerprint density at radius 2 is 2.12 bits per heavy atom. The number of imidazole rings is 1. The first-order chi connectivity index (χ1) is 12.4. The number of para-hydroxylation sites is 1. The number of hydrogen-bond donors (Lipinski definition) is 5. The zero-order valence-electron chi connectivity index (χ0n) is 13.2. The molecule has 0 saturated heterocycles. The van der Waals surface area contributed by atoms with Crippen molar-refractivity contribution in [1.82, 2.24) is 14.7 Å². The minimum atomic E-state index is -1.92. The van der Waals surface area contributed by atoms with Crippen molar-refractivity contribution >= 4 is 35.3 Å². The van der Waals surface area contributed by atoms with Gasteiger partial charge >= 0.3 is 13.1 Å². The van der Waals surface area contributed by atoms with Crippen molar-refractivity contribution in [2.45, 2.75) is 12.4 Å². The topological polar surface area (TPSA) is 144 Å². The van der Waals surface area contributed by atoms with Crippen LogP contribution in [0.15, 0.2) is 36.0 Å². The van der Waals surface area contributed by atoms with Gasteiger partial charge in [0, 0.05) is 17.8 Å². The molecule has 0 spiro atoms. The number of carbonyl (C=O) groups excluding carboxylic acids is 1. The summed E-state index contributed by atoms with van der Waals surface area (Å²) in [7, 11) is -1.92. The largest absolute Gasteiger partial charge is 0.507 e. The van der Waals surface area contributed by atoms with E-state index in [-0.39, 0.29) is 23.2 Å². The molecule has 0 saturated carbocycles.